The molecule has 31 heavy (non-hydrogen) atoms. The van der Waals surface area contributed by atoms with Crippen LogP contribution in [0.3, 0.4) is 0 Å². The molecule has 4 amide bonds. The standard InChI is InChI=1S/C20H22N4O6S/c1-13(25)23-31(28,29)18-8-6-14(7-9-18)21-20(27)22-15-10-19(26)24(12-15)16-4-3-5-17(11-16)30-2/h3-9,11,15H,10,12H2,1-2H3,(H,23,25)(H2,21,22,27). The fourth-order valence-electron chi connectivity index (χ4n) is 3.15. The maximum absolute atomic E-state index is 12.4. The van der Waals surface area contributed by atoms with E-state index in [1.807, 2.05) is 4.72 Å². The summed E-state index contributed by atoms with van der Waals surface area (Å²) in [4.78, 5) is 37.1. The van der Waals surface area contributed by atoms with Crippen molar-refractivity contribution in [3.63, 3.8) is 0 Å². The van der Waals surface area contributed by atoms with Crippen LogP contribution in [0.5, 0.6) is 5.75 Å². The van der Waals surface area contributed by atoms with Gasteiger partial charge in [-0.3, -0.25) is 9.59 Å². The van der Waals surface area contributed by atoms with Gasteiger partial charge in [0, 0.05) is 37.3 Å². The van der Waals surface area contributed by atoms with Crippen molar-refractivity contribution in [1.29, 1.82) is 0 Å². The molecule has 1 aliphatic rings. The highest BCUT2D eigenvalue weighted by Crippen LogP contribution is 2.25. The number of hydrogen-bond acceptors (Lipinski definition) is 6. The lowest BCUT2D eigenvalue weighted by Crippen LogP contribution is -2.39. The lowest BCUT2D eigenvalue weighted by atomic mass is 10.2. The maximum Gasteiger partial charge on any atom is 0.319 e. The molecule has 0 spiro atoms. The molecule has 2 aromatic rings. The monoisotopic (exact) mass is 446 g/mol. The average molecular weight is 446 g/mol. The topological polar surface area (TPSA) is 134 Å². The van der Waals surface area contributed by atoms with Gasteiger partial charge < -0.3 is 20.3 Å². The van der Waals surface area contributed by atoms with Gasteiger partial charge in [-0.1, -0.05) is 6.07 Å². The average Bonchev–Trinajstić information content (AvgIpc) is 3.07. The van der Waals surface area contributed by atoms with E-state index >= 15 is 0 Å². The Morgan fingerprint density at radius 3 is 2.48 bits per heavy atom. The third-order valence-corrected chi connectivity index (χ3v) is 5.97. The zero-order valence-corrected chi connectivity index (χ0v) is 17.7. The van der Waals surface area contributed by atoms with E-state index < -0.39 is 28.0 Å². The van der Waals surface area contributed by atoms with E-state index in [4.69, 9.17) is 4.74 Å². The van der Waals surface area contributed by atoms with Crippen LogP contribution in [0.25, 0.3) is 0 Å². The van der Waals surface area contributed by atoms with Gasteiger partial charge in [0.2, 0.25) is 11.8 Å². The Labute approximate surface area is 179 Å². The van der Waals surface area contributed by atoms with Crippen LogP contribution in [0, 0.1) is 0 Å². The molecule has 1 heterocycles. The number of carbonyl (C=O) groups excluding carboxylic acids is 3. The molecule has 0 aliphatic carbocycles. The zero-order valence-electron chi connectivity index (χ0n) is 16.9. The van der Waals surface area contributed by atoms with E-state index in [0.29, 0.717) is 23.7 Å². The predicted octanol–water partition coefficient (Wildman–Crippen LogP) is 1.45. The summed E-state index contributed by atoms with van der Waals surface area (Å²) < 4.78 is 30.9. The van der Waals surface area contributed by atoms with Crippen molar-refractivity contribution in [3.05, 3.63) is 48.5 Å². The van der Waals surface area contributed by atoms with Gasteiger partial charge >= 0.3 is 6.03 Å². The number of urea groups is 1. The zero-order chi connectivity index (χ0) is 22.6. The summed E-state index contributed by atoms with van der Waals surface area (Å²) >= 11 is 0. The van der Waals surface area contributed by atoms with Gasteiger partial charge in [0.1, 0.15) is 5.75 Å². The first-order valence-electron chi connectivity index (χ1n) is 9.33. The van der Waals surface area contributed by atoms with Crippen LogP contribution in [-0.2, 0) is 19.6 Å². The quantitative estimate of drug-likeness (QED) is 0.615. The summed E-state index contributed by atoms with van der Waals surface area (Å²) in [6, 6.07) is 11.5. The van der Waals surface area contributed by atoms with E-state index in [1.165, 1.54) is 24.3 Å². The summed E-state index contributed by atoms with van der Waals surface area (Å²) in [6.45, 7) is 1.41. The van der Waals surface area contributed by atoms with Gasteiger partial charge in [-0.15, -0.1) is 0 Å². The lowest BCUT2D eigenvalue weighted by molar-refractivity contribution is -0.118. The number of carbonyl (C=O) groups is 3. The van der Waals surface area contributed by atoms with E-state index in [2.05, 4.69) is 10.6 Å². The number of ether oxygens (including phenoxy) is 1. The fraction of sp³-hybridized carbons (Fsp3) is 0.250. The number of nitrogens with zero attached hydrogens (tertiary/aromatic N) is 1. The second kappa shape index (κ2) is 9.04. The van der Waals surface area contributed by atoms with Crippen LogP contribution >= 0.6 is 0 Å². The van der Waals surface area contributed by atoms with Crippen LogP contribution < -0.4 is 25.0 Å². The molecule has 3 N–H and O–H groups in total. The molecule has 2 aromatic carbocycles. The second-order valence-electron chi connectivity index (χ2n) is 6.89. The predicted molar refractivity (Wildman–Crippen MR) is 113 cm³/mol. The Morgan fingerprint density at radius 1 is 1.13 bits per heavy atom. The third-order valence-electron chi connectivity index (χ3n) is 4.53. The number of hydrogen-bond donors (Lipinski definition) is 3. The number of anilines is 2. The summed E-state index contributed by atoms with van der Waals surface area (Å²) in [6.07, 6.45) is 0.151. The molecule has 0 radical (unpaired) electrons. The highest BCUT2D eigenvalue weighted by Gasteiger charge is 2.31. The molecule has 1 atom stereocenters. The Bertz CT molecular complexity index is 1100. The molecule has 1 aliphatic heterocycles. The van der Waals surface area contributed by atoms with Gasteiger partial charge in [-0.25, -0.2) is 17.9 Å². The summed E-state index contributed by atoms with van der Waals surface area (Å²) in [5, 5.41) is 5.33. The lowest BCUT2D eigenvalue weighted by Gasteiger charge is -2.18. The summed E-state index contributed by atoms with van der Waals surface area (Å²) in [7, 11) is -2.40. The first kappa shape index (κ1) is 22.1. The maximum atomic E-state index is 12.4. The molecule has 1 saturated heterocycles. The van der Waals surface area contributed by atoms with E-state index in [9.17, 15) is 22.8 Å². The van der Waals surface area contributed by atoms with Gasteiger partial charge in [-0.2, -0.15) is 0 Å². The minimum absolute atomic E-state index is 0.107. The highest BCUT2D eigenvalue weighted by atomic mass is 32.2. The third kappa shape index (κ3) is 5.51. The largest absolute Gasteiger partial charge is 0.497 e. The molecule has 164 valence electrons. The number of sulfonamides is 1. The Kier molecular flexibility index (Phi) is 6.44. The van der Waals surface area contributed by atoms with Crippen molar-refractivity contribution in [2.75, 3.05) is 23.9 Å². The van der Waals surface area contributed by atoms with Crippen molar-refractivity contribution in [2.24, 2.45) is 0 Å². The number of benzene rings is 2. The second-order valence-corrected chi connectivity index (χ2v) is 8.57. The Morgan fingerprint density at radius 2 is 1.84 bits per heavy atom. The number of nitrogens with one attached hydrogen (secondary N) is 3. The first-order chi connectivity index (χ1) is 14.7. The van der Waals surface area contributed by atoms with Crippen LogP contribution in [0.1, 0.15) is 13.3 Å². The molecule has 11 heteroatoms. The molecular weight excluding hydrogens is 424 g/mol. The van der Waals surface area contributed by atoms with E-state index in [0.717, 1.165) is 6.92 Å². The van der Waals surface area contributed by atoms with E-state index in [-0.39, 0.29) is 17.2 Å². The Hall–Kier alpha value is -3.60. The number of amides is 4. The van der Waals surface area contributed by atoms with Gasteiger partial charge in [0.25, 0.3) is 10.0 Å². The SMILES string of the molecule is COc1cccc(N2CC(NC(=O)Nc3ccc(S(=O)(=O)NC(C)=O)cc3)CC2=O)c1. The molecule has 1 unspecified atom stereocenters. The van der Waals surface area contributed by atoms with Crippen LogP contribution in [0.4, 0.5) is 16.2 Å². The highest BCUT2D eigenvalue weighted by molar-refractivity contribution is 7.90. The normalized spacial score (nSPS) is 16.0. The molecular formula is C20H22N4O6S. The van der Waals surface area contributed by atoms with Crippen molar-refractivity contribution >= 4 is 39.2 Å². The van der Waals surface area contributed by atoms with Crippen LogP contribution in [-0.4, -0.2) is 46.0 Å². The molecule has 3 rings (SSSR count). The minimum Gasteiger partial charge on any atom is -0.497 e. The van der Waals surface area contributed by atoms with Crippen molar-refractivity contribution < 1.29 is 27.5 Å². The minimum atomic E-state index is -3.95. The Balaban J connectivity index is 1.58. The molecule has 1 fully saturated rings. The number of rotatable bonds is 6. The van der Waals surface area contributed by atoms with Gasteiger partial charge in [0.15, 0.2) is 0 Å². The van der Waals surface area contributed by atoms with Crippen LogP contribution in [0.2, 0.25) is 0 Å². The fourth-order valence-corrected chi connectivity index (χ4v) is 4.14. The smallest absolute Gasteiger partial charge is 0.319 e. The van der Waals surface area contributed by atoms with Crippen molar-refractivity contribution in [2.45, 2.75) is 24.3 Å². The van der Waals surface area contributed by atoms with Crippen molar-refractivity contribution in [3.8, 4) is 5.75 Å². The number of methoxy groups -OCH3 is 1. The van der Waals surface area contributed by atoms with Crippen LogP contribution in [0.15, 0.2) is 53.4 Å². The van der Waals surface area contributed by atoms with Gasteiger partial charge in [-0.05, 0) is 36.4 Å². The van der Waals surface area contributed by atoms with E-state index in [1.54, 1.807) is 36.3 Å². The first-order valence-corrected chi connectivity index (χ1v) is 10.8. The molecule has 0 aromatic heterocycles. The van der Waals surface area contributed by atoms with Gasteiger partial charge in [0.05, 0.1) is 18.0 Å². The molecule has 0 bridgehead atoms. The summed E-state index contributed by atoms with van der Waals surface area (Å²) in [5.41, 5.74) is 1.04. The summed E-state index contributed by atoms with van der Waals surface area (Å²) in [5.74, 6) is -0.190. The molecule has 10 nitrogen and oxygen atoms in total. The molecule has 0 saturated carbocycles. The van der Waals surface area contributed by atoms with Crippen molar-refractivity contribution in [1.82, 2.24) is 10.0 Å².